The molecule has 0 aromatic carbocycles. The highest BCUT2D eigenvalue weighted by molar-refractivity contribution is 5.74. The second-order valence-electron chi connectivity index (χ2n) is 4.73. The average Bonchev–Trinajstić information content (AvgIpc) is 2.35. The molecule has 0 aliphatic heterocycles. The minimum Gasteiger partial charge on any atom is -0.481 e. The highest BCUT2D eigenvalue weighted by Gasteiger charge is 2.09. The van der Waals surface area contributed by atoms with Gasteiger partial charge in [-0.1, -0.05) is 26.2 Å². The number of carbonyl (C=O) groups excluding carboxylic acids is 1. The molecule has 0 aliphatic rings. The third-order valence-corrected chi connectivity index (χ3v) is 2.86. The number of carboxylic acid groups (broad SMARTS) is 1. The van der Waals surface area contributed by atoms with Crippen LogP contribution in [-0.4, -0.2) is 29.7 Å². The van der Waals surface area contributed by atoms with Gasteiger partial charge in [-0.25, -0.2) is 4.79 Å². The molecule has 0 rings (SSSR count). The fourth-order valence-corrected chi connectivity index (χ4v) is 1.64. The number of carboxylic acids is 1. The Morgan fingerprint density at radius 1 is 1.32 bits per heavy atom. The minimum absolute atomic E-state index is 0.170. The van der Waals surface area contributed by atoms with Gasteiger partial charge in [-0.2, -0.15) is 0 Å². The molecule has 0 saturated heterocycles. The van der Waals surface area contributed by atoms with E-state index in [0.717, 1.165) is 19.3 Å². The van der Waals surface area contributed by atoms with Gasteiger partial charge in [-0.15, -0.1) is 6.42 Å². The molecular formula is C14H24N2O3. The third-order valence-electron chi connectivity index (χ3n) is 2.86. The first-order valence-corrected chi connectivity index (χ1v) is 6.71. The zero-order valence-electron chi connectivity index (χ0n) is 11.7. The lowest BCUT2D eigenvalue weighted by molar-refractivity contribution is -0.137. The van der Waals surface area contributed by atoms with Gasteiger partial charge >= 0.3 is 12.0 Å². The van der Waals surface area contributed by atoms with Crippen molar-refractivity contribution in [2.75, 3.05) is 6.54 Å². The summed E-state index contributed by atoms with van der Waals surface area (Å²) in [6, 6.07) is -0.490. The number of terminal acetylenes is 1. The zero-order chi connectivity index (χ0) is 14.7. The Morgan fingerprint density at radius 3 is 2.53 bits per heavy atom. The van der Waals surface area contributed by atoms with Crippen LogP contribution in [0.15, 0.2) is 0 Å². The van der Waals surface area contributed by atoms with Crippen molar-refractivity contribution >= 4 is 12.0 Å². The van der Waals surface area contributed by atoms with Crippen molar-refractivity contribution in [2.45, 2.75) is 52.0 Å². The van der Waals surface area contributed by atoms with Crippen LogP contribution in [0, 0.1) is 18.3 Å². The Labute approximate surface area is 115 Å². The van der Waals surface area contributed by atoms with Gasteiger partial charge in [0.2, 0.25) is 0 Å². The lowest BCUT2D eigenvalue weighted by Crippen LogP contribution is -2.42. The predicted molar refractivity (Wildman–Crippen MR) is 74.7 cm³/mol. The summed E-state index contributed by atoms with van der Waals surface area (Å²) in [6.45, 7) is 4.51. The molecule has 0 fully saturated rings. The minimum atomic E-state index is -0.783. The maximum atomic E-state index is 11.5. The first kappa shape index (κ1) is 17.3. The van der Waals surface area contributed by atoms with E-state index in [1.807, 2.05) is 13.8 Å². The molecule has 5 nitrogen and oxygen atoms in total. The largest absolute Gasteiger partial charge is 0.481 e. The number of nitrogens with one attached hydrogen (secondary N) is 2. The van der Waals surface area contributed by atoms with Gasteiger partial charge in [0.25, 0.3) is 0 Å². The molecule has 2 unspecified atom stereocenters. The van der Waals surface area contributed by atoms with Crippen LogP contribution in [0.5, 0.6) is 0 Å². The number of aliphatic carboxylic acids is 1. The Hall–Kier alpha value is -1.70. The van der Waals surface area contributed by atoms with E-state index in [1.165, 1.54) is 0 Å². The van der Waals surface area contributed by atoms with Gasteiger partial charge < -0.3 is 15.7 Å². The standard InChI is InChI=1S/C14H24N2O3/c1-4-6-12(5-2)16-14(19)15-10-9-11(3)7-8-13(17)18/h2,11-12H,4,6-10H2,1,3H3,(H,17,18)(H2,15,16,19). The monoisotopic (exact) mass is 268 g/mol. The summed E-state index contributed by atoms with van der Waals surface area (Å²) in [5.41, 5.74) is 0. The Kier molecular flexibility index (Phi) is 9.33. The van der Waals surface area contributed by atoms with Crippen molar-refractivity contribution in [2.24, 2.45) is 5.92 Å². The summed E-state index contributed by atoms with van der Waals surface area (Å²) in [5, 5.41) is 14.0. The lowest BCUT2D eigenvalue weighted by atomic mass is 10.0. The molecule has 0 aliphatic carbocycles. The van der Waals surface area contributed by atoms with Crippen LogP contribution in [0.25, 0.3) is 0 Å². The van der Waals surface area contributed by atoms with Crippen molar-refractivity contribution in [3.63, 3.8) is 0 Å². The van der Waals surface area contributed by atoms with E-state index < -0.39 is 5.97 Å². The molecule has 108 valence electrons. The smallest absolute Gasteiger partial charge is 0.315 e. The van der Waals surface area contributed by atoms with E-state index >= 15 is 0 Å². The van der Waals surface area contributed by atoms with E-state index in [4.69, 9.17) is 11.5 Å². The van der Waals surface area contributed by atoms with Gasteiger partial charge in [-0.3, -0.25) is 4.79 Å². The van der Waals surface area contributed by atoms with Crippen molar-refractivity contribution < 1.29 is 14.7 Å². The fourth-order valence-electron chi connectivity index (χ4n) is 1.64. The number of urea groups is 1. The van der Waals surface area contributed by atoms with Crippen LogP contribution >= 0.6 is 0 Å². The van der Waals surface area contributed by atoms with Crippen molar-refractivity contribution in [1.29, 1.82) is 0 Å². The molecule has 0 bridgehead atoms. The number of amides is 2. The van der Waals surface area contributed by atoms with Gasteiger partial charge in [0.1, 0.15) is 0 Å². The molecule has 2 amide bonds. The quantitative estimate of drug-likeness (QED) is 0.559. The molecule has 0 aromatic rings. The second kappa shape index (κ2) is 10.2. The van der Waals surface area contributed by atoms with Crippen molar-refractivity contribution in [3.05, 3.63) is 0 Å². The van der Waals surface area contributed by atoms with E-state index in [-0.39, 0.29) is 24.4 Å². The Balaban J connectivity index is 3.73. The topological polar surface area (TPSA) is 78.4 Å². The van der Waals surface area contributed by atoms with E-state index in [0.29, 0.717) is 13.0 Å². The summed E-state index contributed by atoms with van der Waals surface area (Å²) in [5.74, 6) is 2.02. The fraction of sp³-hybridized carbons (Fsp3) is 0.714. The van der Waals surface area contributed by atoms with Crippen LogP contribution in [0.2, 0.25) is 0 Å². The maximum absolute atomic E-state index is 11.5. The summed E-state index contributed by atoms with van der Waals surface area (Å²) < 4.78 is 0. The SMILES string of the molecule is C#CC(CCC)NC(=O)NCCC(C)CCC(=O)O. The van der Waals surface area contributed by atoms with E-state index in [2.05, 4.69) is 16.6 Å². The van der Waals surface area contributed by atoms with Gasteiger partial charge in [0.05, 0.1) is 6.04 Å². The maximum Gasteiger partial charge on any atom is 0.315 e. The molecule has 2 atom stereocenters. The lowest BCUT2D eigenvalue weighted by Gasteiger charge is -2.14. The molecule has 0 spiro atoms. The number of hydrogen-bond donors (Lipinski definition) is 3. The molecule has 5 heteroatoms. The number of carbonyl (C=O) groups is 2. The van der Waals surface area contributed by atoms with Crippen LogP contribution in [0.3, 0.4) is 0 Å². The molecule has 0 aromatic heterocycles. The van der Waals surface area contributed by atoms with Crippen molar-refractivity contribution in [1.82, 2.24) is 10.6 Å². The van der Waals surface area contributed by atoms with Gasteiger partial charge in [0.15, 0.2) is 0 Å². The highest BCUT2D eigenvalue weighted by Crippen LogP contribution is 2.08. The molecular weight excluding hydrogens is 244 g/mol. The van der Waals surface area contributed by atoms with Gasteiger partial charge in [-0.05, 0) is 25.2 Å². The molecule has 0 heterocycles. The predicted octanol–water partition coefficient (Wildman–Crippen LogP) is 1.98. The van der Waals surface area contributed by atoms with Crippen LogP contribution < -0.4 is 10.6 Å². The third kappa shape index (κ3) is 9.95. The summed E-state index contributed by atoms with van der Waals surface area (Å²) in [6.07, 6.45) is 8.54. The van der Waals surface area contributed by atoms with Crippen molar-refractivity contribution in [3.8, 4) is 12.3 Å². The average molecular weight is 268 g/mol. The summed E-state index contributed by atoms with van der Waals surface area (Å²) in [4.78, 5) is 21.9. The Morgan fingerprint density at radius 2 is 2.00 bits per heavy atom. The molecule has 0 radical (unpaired) electrons. The highest BCUT2D eigenvalue weighted by atomic mass is 16.4. The van der Waals surface area contributed by atoms with Gasteiger partial charge in [0, 0.05) is 13.0 Å². The molecule has 0 saturated carbocycles. The summed E-state index contributed by atoms with van der Waals surface area (Å²) >= 11 is 0. The zero-order valence-corrected chi connectivity index (χ0v) is 11.7. The van der Waals surface area contributed by atoms with Crippen LogP contribution in [0.1, 0.15) is 46.0 Å². The van der Waals surface area contributed by atoms with Crippen LogP contribution in [0.4, 0.5) is 4.79 Å². The number of hydrogen-bond acceptors (Lipinski definition) is 2. The molecule has 3 N–H and O–H groups in total. The van der Waals surface area contributed by atoms with Crippen LogP contribution in [-0.2, 0) is 4.79 Å². The van der Waals surface area contributed by atoms with E-state index in [9.17, 15) is 9.59 Å². The first-order chi connectivity index (χ1) is 8.99. The number of rotatable bonds is 9. The molecule has 19 heavy (non-hydrogen) atoms. The summed E-state index contributed by atoms with van der Waals surface area (Å²) in [7, 11) is 0. The first-order valence-electron chi connectivity index (χ1n) is 6.71. The normalized spacial score (nSPS) is 13.1. The second-order valence-corrected chi connectivity index (χ2v) is 4.73. The Bertz CT molecular complexity index is 323. The van der Waals surface area contributed by atoms with E-state index in [1.54, 1.807) is 0 Å².